The second-order valence-electron chi connectivity index (χ2n) is 4.97. The molecule has 0 amide bonds. The van der Waals surface area contributed by atoms with Gasteiger partial charge in [-0.25, -0.2) is 0 Å². The van der Waals surface area contributed by atoms with Crippen molar-refractivity contribution in [3.8, 4) is 0 Å². The number of unbranched alkanes of at least 4 members (excludes halogenated alkanes) is 1. The maximum absolute atomic E-state index is 11.5. The van der Waals surface area contributed by atoms with Crippen molar-refractivity contribution in [2.24, 2.45) is 5.92 Å². The van der Waals surface area contributed by atoms with Crippen LogP contribution >= 0.6 is 0 Å². The molecule has 0 rings (SSSR count). The maximum atomic E-state index is 11.5. The Bertz CT molecular complexity index is 454. The van der Waals surface area contributed by atoms with Crippen LogP contribution in [-0.4, -0.2) is 39.9 Å². The summed E-state index contributed by atoms with van der Waals surface area (Å²) in [5, 5.41) is 18.0. The minimum absolute atomic E-state index is 0. The summed E-state index contributed by atoms with van der Waals surface area (Å²) >= 11 is 0. The quantitative estimate of drug-likeness (QED) is 0.344. The van der Waals surface area contributed by atoms with Gasteiger partial charge in [0.1, 0.15) is 0 Å². The number of carbonyl (C=O) groups is 2. The molecule has 9 heteroatoms. The van der Waals surface area contributed by atoms with Crippen LogP contribution in [0.1, 0.15) is 53.8 Å². The van der Waals surface area contributed by atoms with Gasteiger partial charge in [0.15, 0.2) is 0 Å². The largest absolute Gasteiger partial charge is 1.00 e. The summed E-state index contributed by atoms with van der Waals surface area (Å²) < 4.78 is 29.5. The van der Waals surface area contributed by atoms with Gasteiger partial charge < -0.3 is 11.6 Å². The summed E-state index contributed by atoms with van der Waals surface area (Å²) in [6, 6.07) is 0. The molecule has 0 saturated carbocycles. The van der Waals surface area contributed by atoms with Crippen LogP contribution in [0, 0.1) is 5.92 Å². The topological polar surface area (TPSA) is 129 Å². The Morgan fingerprint density at radius 3 is 2.05 bits per heavy atom. The Morgan fingerprint density at radius 1 is 1.24 bits per heavy atom. The van der Waals surface area contributed by atoms with Gasteiger partial charge in [-0.3, -0.25) is 14.1 Å². The van der Waals surface area contributed by atoms with Gasteiger partial charge in [-0.1, -0.05) is 39.5 Å². The molecule has 0 radical (unpaired) electrons. The van der Waals surface area contributed by atoms with Crippen molar-refractivity contribution in [2.45, 2.75) is 57.1 Å². The van der Waals surface area contributed by atoms with E-state index in [1.54, 1.807) is 6.92 Å². The van der Waals surface area contributed by atoms with E-state index in [4.69, 9.17) is 5.11 Å². The monoisotopic (exact) mass is 318 g/mol. The third kappa shape index (κ3) is 6.39. The predicted molar refractivity (Wildman–Crippen MR) is 73.2 cm³/mol. The smallest absolute Gasteiger partial charge is 1.00 e. The Kier molecular flexibility index (Phi) is 10.2. The van der Waals surface area contributed by atoms with Gasteiger partial charge in [-0.2, -0.15) is 8.42 Å². The van der Waals surface area contributed by atoms with Gasteiger partial charge in [0.25, 0.3) is 10.1 Å². The average molecular weight is 318 g/mol. The minimum Gasteiger partial charge on any atom is -1.00 e. The summed E-state index contributed by atoms with van der Waals surface area (Å²) in [4.78, 5) is 22.1. The molecule has 3 N–H and O–H groups in total. The summed E-state index contributed by atoms with van der Waals surface area (Å²) in [7, 11) is -5.03. The molecule has 0 fully saturated rings. The molecule has 0 aromatic rings. The molecule has 0 bridgehead atoms. The first kappa shape index (κ1) is 22.7. The number of hydrogen-bond acceptors (Lipinski definition) is 4. The first-order valence-corrected chi connectivity index (χ1v) is 7.97. The van der Waals surface area contributed by atoms with Crippen molar-refractivity contribution in [3.63, 3.8) is 0 Å². The number of aliphatic carboxylic acids is 2. The van der Waals surface area contributed by atoms with E-state index in [0.717, 1.165) is 12.8 Å². The second-order valence-corrected chi connectivity index (χ2v) is 6.70. The van der Waals surface area contributed by atoms with E-state index in [-0.39, 0.29) is 26.2 Å². The van der Waals surface area contributed by atoms with Crippen LogP contribution in [0.3, 0.4) is 0 Å². The number of rotatable bonds is 10. The normalized spacial score (nSPS) is 15.6. The third-order valence-electron chi connectivity index (χ3n) is 3.48. The van der Waals surface area contributed by atoms with E-state index in [2.05, 4.69) is 0 Å². The fraction of sp³-hybridized carbons (Fsp3) is 0.833. The van der Waals surface area contributed by atoms with Crippen molar-refractivity contribution in [1.82, 2.24) is 0 Å². The number of carboxylic acids is 2. The van der Waals surface area contributed by atoms with Gasteiger partial charge in [0.05, 0.1) is 6.42 Å². The van der Waals surface area contributed by atoms with Gasteiger partial charge in [0.2, 0.25) is 4.75 Å². The standard InChI is InChI=1S/C12H22O7S.Li.H/c1-3-5-6-9(4-2)7-12(11(15)16,8-10(13)14)20(17,18)19;;/h9H,3-8H2,1-2H3,(H,13,14)(H,15,16)(H,17,18,19);;/q;+1;-1. The van der Waals surface area contributed by atoms with Crippen molar-refractivity contribution in [1.29, 1.82) is 0 Å². The number of carboxylic acid groups (broad SMARTS) is 2. The molecule has 0 aliphatic heterocycles. The molecule has 21 heavy (non-hydrogen) atoms. The van der Waals surface area contributed by atoms with E-state index in [9.17, 15) is 27.7 Å². The molecule has 2 atom stereocenters. The average Bonchev–Trinajstić information content (AvgIpc) is 2.30. The summed E-state index contributed by atoms with van der Waals surface area (Å²) in [6.07, 6.45) is 1.21. The first-order chi connectivity index (χ1) is 9.10. The van der Waals surface area contributed by atoms with Crippen LogP contribution in [0.5, 0.6) is 0 Å². The van der Waals surface area contributed by atoms with E-state index in [1.165, 1.54) is 0 Å². The molecule has 0 heterocycles. The Hall–Kier alpha value is -0.553. The molecule has 0 aromatic carbocycles. The predicted octanol–water partition coefficient (Wildman–Crippen LogP) is -1.10. The SMILES string of the molecule is CCCCC(CC)CC(CC(=O)O)(C(=O)O)S(=O)(=O)O.[H-].[Li+]. The molecule has 120 valence electrons. The van der Waals surface area contributed by atoms with Gasteiger partial charge in [-0.15, -0.1) is 0 Å². The molecule has 0 aromatic heterocycles. The van der Waals surface area contributed by atoms with Crippen LogP contribution < -0.4 is 18.9 Å². The van der Waals surface area contributed by atoms with E-state index < -0.39 is 39.6 Å². The molecular formula is C12H23LiO7S. The summed E-state index contributed by atoms with van der Waals surface area (Å²) in [5.74, 6) is -3.67. The van der Waals surface area contributed by atoms with E-state index in [1.807, 2.05) is 6.92 Å². The molecule has 0 spiro atoms. The van der Waals surface area contributed by atoms with Crippen molar-refractivity contribution >= 4 is 22.1 Å². The van der Waals surface area contributed by atoms with Crippen LogP contribution in [0.4, 0.5) is 0 Å². The van der Waals surface area contributed by atoms with Gasteiger partial charge >= 0.3 is 30.8 Å². The van der Waals surface area contributed by atoms with Crippen molar-refractivity contribution in [2.75, 3.05) is 0 Å². The first-order valence-electron chi connectivity index (χ1n) is 6.53. The third-order valence-corrected chi connectivity index (χ3v) is 4.96. The molecule has 7 nitrogen and oxygen atoms in total. The molecule has 0 aliphatic rings. The van der Waals surface area contributed by atoms with E-state index >= 15 is 0 Å². The molecule has 2 unspecified atom stereocenters. The van der Waals surface area contributed by atoms with Crippen molar-refractivity contribution < 1.29 is 53.1 Å². The molecule has 0 aliphatic carbocycles. The van der Waals surface area contributed by atoms with Gasteiger partial charge in [-0.05, 0) is 12.3 Å². The summed E-state index contributed by atoms with van der Waals surface area (Å²) in [6.45, 7) is 3.72. The minimum atomic E-state index is -5.03. The fourth-order valence-corrected chi connectivity index (χ4v) is 3.17. The summed E-state index contributed by atoms with van der Waals surface area (Å²) in [5.41, 5.74) is 0. The van der Waals surface area contributed by atoms with E-state index in [0.29, 0.717) is 12.8 Å². The fourth-order valence-electron chi connectivity index (χ4n) is 2.20. The Morgan fingerprint density at radius 2 is 1.76 bits per heavy atom. The number of hydrogen-bond donors (Lipinski definition) is 3. The van der Waals surface area contributed by atoms with Crippen LogP contribution in [0.2, 0.25) is 0 Å². The zero-order valence-electron chi connectivity index (χ0n) is 13.7. The zero-order valence-corrected chi connectivity index (χ0v) is 13.5. The molecule has 0 saturated heterocycles. The van der Waals surface area contributed by atoms with Crippen molar-refractivity contribution in [3.05, 3.63) is 0 Å². The Labute approximate surface area is 138 Å². The van der Waals surface area contributed by atoms with Crippen LogP contribution in [0.25, 0.3) is 0 Å². The molecular weight excluding hydrogens is 295 g/mol. The Balaban J connectivity index is -0.00000180. The maximum Gasteiger partial charge on any atom is 1.00 e. The van der Waals surface area contributed by atoms with Gasteiger partial charge in [0, 0.05) is 0 Å². The second kappa shape index (κ2) is 9.46. The van der Waals surface area contributed by atoms with Crippen LogP contribution in [0.15, 0.2) is 0 Å². The van der Waals surface area contributed by atoms with Crippen LogP contribution in [-0.2, 0) is 19.7 Å². The zero-order chi connectivity index (χ0) is 16.0.